The van der Waals surface area contributed by atoms with Crippen molar-refractivity contribution in [2.75, 3.05) is 20.7 Å². The number of ether oxygens (including phenoxy) is 2. The van der Waals surface area contributed by atoms with E-state index in [1.807, 2.05) is 60.7 Å². The fourth-order valence-corrected chi connectivity index (χ4v) is 3.51. The lowest BCUT2D eigenvalue weighted by atomic mass is 9.92. The maximum atomic E-state index is 12.7. The Morgan fingerprint density at radius 3 is 2.12 bits per heavy atom. The minimum Gasteiger partial charge on any atom is -0.466 e. The zero-order chi connectivity index (χ0) is 23.6. The zero-order valence-electron chi connectivity index (χ0n) is 19.4. The van der Waals surface area contributed by atoms with E-state index in [4.69, 9.17) is 9.47 Å². The summed E-state index contributed by atoms with van der Waals surface area (Å²) in [7, 11) is 3.54. The maximum absolute atomic E-state index is 12.7. The monoisotopic (exact) mass is 446 g/mol. The molecule has 6 heteroatoms. The Morgan fingerprint density at radius 2 is 1.58 bits per heavy atom. The largest absolute Gasteiger partial charge is 0.466 e. The molecule has 0 saturated heterocycles. The maximum Gasteiger partial charge on any atom is 0.306 e. The van der Waals surface area contributed by atoms with Crippen LogP contribution < -0.4 is 4.74 Å². The van der Waals surface area contributed by atoms with E-state index in [9.17, 15) is 9.59 Å². The van der Waals surface area contributed by atoms with Gasteiger partial charge in [0.05, 0.1) is 12.5 Å². The number of aromatic nitrogens is 1. The number of aryl methyl sites for hydroxylation is 1. The minimum atomic E-state index is -0.289. The van der Waals surface area contributed by atoms with E-state index in [0.717, 1.165) is 28.2 Å². The summed E-state index contributed by atoms with van der Waals surface area (Å²) >= 11 is 0. The van der Waals surface area contributed by atoms with Gasteiger partial charge in [-0.3, -0.25) is 14.6 Å². The molecule has 0 saturated carbocycles. The van der Waals surface area contributed by atoms with Gasteiger partial charge in [-0.05, 0) is 66.8 Å². The number of hydrogen-bond donors (Lipinski definition) is 0. The first-order valence-corrected chi connectivity index (χ1v) is 11.1. The first-order chi connectivity index (χ1) is 16.0. The van der Waals surface area contributed by atoms with Crippen molar-refractivity contribution in [3.8, 4) is 11.5 Å². The third-order valence-corrected chi connectivity index (χ3v) is 5.27. The van der Waals surface area contributed by atoms with Gasteiger partial charge in [0.1, 0.15) is 11.5 Å². The van der Waals surface area contributed by atoms with E-state index in [1.54, 1.807) is 38.3 Å². The van der Waals surface area contributed by atoms with Gasteiger partial charge in [-0.25, -0.2) is 0 Å². The van der Waals surface area contributed by atoms with Crippen molar-refractivity contribution in [3.63, 3.8) is 0 Å². The SMILES string of the molecule is CCOC(=O)CCc1ccc(Oc2ccc(CC(C(=O)N(C)C)c3cccnc3)cc2)cc1. The molecule has 2 aromatic carbocycles. The number of pyridine rings is 1. The van der Waals surface area contributed by atoms with Crippen LogP contribution in [0, 0.1) is 0 Å². The second-order valence-electron chi connectivity index (χ2n) is 7.97. The summed E-state index contributed by atoms with van der Waals surface area (Å²) in [5, 5.41) is 0. The highest BCUT2D eigenvalue weighted by Gasteiger charge is 2.23. The number of carbonyl (C=O) groups is 2. The molecule has 33 heavy (non-hydrogen) atoms. The molecular weight excluding hydrogens is 416 g/mol. The molecule has 1 unspecified atom stereocenters. The standard InChI is InChI=1S/C27H30N2O4/c1-4-32-26(30)16-11-20-7-12-23(13-8-20)33-24-14-9-21(10-15-24)18-25(27(31)29(2)3)22-6-5-17-28-19-22/h5-10,12-15,17,19,25H,4,11,16,18H2,1-3H3. The summed E-state index contributed by atoms with van der Waals surface area (Å²) in [6.45, 7) is 2.21. The molecule has 3 aromatic rings. The van der Waals surface area contributed by atoms with Crippen molar-refractivity contribution in [2.24, 2.45) is 0 Å². The van der Waals surface area contributed by atoms with Crippen LogP contribution in [-0.2, 0) is 27.2 Å². The van der Waals surface area contributed by atoms with Gasteiger partial charge >= 0.3 is 5.97 Å². The van der Waals surface area contributed by atoms with Gasteiger partial charge in [0.25, 0.3) is 0 Å². The summed E-state index contributed by atoms with van der Waals surface area (Å²) in [4.78, 5) is 30.0. The highest BCUT2D eigenvalue weighted by atomic mass is 16.5. The van der Waals surface area contributed by atoms with E-state index < -0.39 is 0 Å². The number of benzene rings is 2. The van der Waals surface area contributed by atoms with Crippen LogP contribution in [0.4, 0.5) is 0 Å². The second kappa shape index (κ2) is 11.8. The molecule has 0 fully saturated rings. The van der Waals surface area contributed by atoms with Gasteiger partial charge in [0.15, 0.2) is 0 Å². The Labute approximate surface area is 195 Å². The third-order valence-electron chi connectivity index (χ3n) is 5.27. The fourth-order valence-electron chi connectivity index (χ4n) is 3.51. The molecule has 3 rings (SSSR count). The molecule has 0 bridgehead atoms. The number of nitrogens with zero attached hydrogens (tertiary/aromatic N) is 2. The van der Waals surface area contributed by atoms with E-state index in [0.29, 0.717) is 25.9 Å². The third kappa shape index (κ3) is 7.17. The highest BCUT2D eigenvalue weighted by molar-refractivity contribution is 5.83. The Bertz CT molecular complexity index is 1030. The lowest BCUT2D eigenvalue weighted by molar-refractivity contribution is -0.143. The van der Waals surface area contributed by atoms with Crippen molar-refractivity contribution in [1.82, 2.24) is 9.88 Å². The van der Waals surface area contributed by atoms with Crippen LogP contribution in [-0.4, -0.2) is 42.5 Å². The van der Waals surface area contributed by atoms with Crippen molar-refractivity contribution in [1.29, 1.82) is 0 Å². The van der Waals surface area contributed by atoms with Crippen molar-refractivity contribution in [2.45, 2.75) is 32.1 Å². The topological polar surface area (TPSA) is 68.7 Å². The molecule has 0 aliphatic heterocycles. The number of esters is 1. The quantitative estimate of drug-likeness (QED) is 0.419. The Hall–Kier alpha value is -3.67. The summed E-state index contributed by atoms with van der Waals surface area (Å²) in [6.07, 6.45) is 5.04. The predicted octanol–water partition coefficient (Wildman–Crippen LogP) is 4.78. The number of amides is 1. The Morgan fingerprint density at radius 1 is 0.939 bits per heavy atom. The van der Waals surface area contributed by atoms with Gasteiger partial charge in [-0.15, -0.1) is 0 Å². The van der Waals surface area contributed by atoms with E-state index >= 15 is 0 Å². The van der Waals surface area contributed by atoms with Gasteiger partial charge < -0.3 is 14.4 Å². The van der Waals surface area contributed by atoms with Crippen LogP contribution in [0.5, 0.6) is 11.5 Å². The molecular formula is C27H30N2O4. The molecule has 1 heterocycles. The first-order valence-electron chi connectivity index (χ1n) is 11.1. The van der Waals surface area contributed by atoms with Crippen LogP contribution in [0.15, 0.2) is 73.1 Å². The molecule has 6 nitrogen and oxygen atoms in total. The molecule has 0 aliphatic rings. The van der Waals surface area contributed by atoms with Crippen LogP contribution in [0.2, 0.25) is 0 Å². The van der Waals surface area contributed by atoms with Crippen molar-refractivity contribution in [3.05, 3.63) is 89.7 Å². The number of hydrogen-bond acceptors (Lipinski definition) is 5. The van der Waals surface area contributed by atoms with Gasteiger partial charge in [-0.1, -0.05) is 30.3 Å². The van der Waals surface area contributed by atoms with E-state index in [1.165, 1.54) is 0 Å². The van der Waals surface area contributed by atoms with Gasteiger partial charge in [-0.2, -0.15) is 0 Å². The Kier molecular flexibility index (Phi) is 8.58. The lowest BCUT2D eigenvalue weighted by Gasteiger charge is -2.21. The van der Waals surface area contributed by atoms with Crippen molar-refractivity contribution < 1.29 is 19.1 Å². The molecule has 0 aliphatic carbocycles. The zero-order valence-corrected chi connectivity index (χ0v) is 19.4. The van der Waals surface area contributed by atoms with E-state index in [-0.39, 0.29) is 17.8 Å². The molecule has 1 atom stereocenters. The molecule has 1 amide bonds. The van der Waals surface area contributed by atoms with Crippen LogP contribution >= 0.6 is 0 Å². The normalized spacial score (nSPS) is 11.5. The molecule has 0 radical (unpaired) electrons. The summed E-state index contributed by atoms with van der Waals surface area (Å²) in [6, 6.07) is 19.3. The average Bonchev–Trinajstić information content (AvgIpc) is 2.83. The smallest absolute Gasteiger partial charge is 0.306 e. The van der Waals surface area contributed by atoms with Crippen molar-refractivity contribution >= 4 is 11.9 Å². The number of rotatable bonds is 10. The summed E-state index contributed by atoms with van der Waals surface area (Å²) in [5.74, 6) is 1.01. The summed E-state index contributed by atoms with van der Waals surface area (Å²) in [5.41, 5.74) is 3.00. The van der Waals surface area contributed by atoms with Gasteiger partial charge in [0.2, 0.25) is 5.91 Å². The molecule has 0 spiro atoms. The van der Waals surface area contributed by atoms with Crippen LogP contribution in [0.3, 0.4) is 0 Å². The van der Waals surface area contributed by atoms with Crippen LogP contribution in [0.25, 0.3) is 0 Å². The fraction of sp³-hybridized carbons (Fsp3) is 0.296. The minimum absolute atomic E-state index is 0.0476. The molecule has 172 valence electrons. The Balaban J connectivity index is 1.61. The molecule has 1 aromatic heterocycles. The second-order valence-corrected chi connectivity index (χ2v) is 7.97. The lowest BCUT2D eigenvalue weighted by Crippen LogP contribution is -2.29. The number of carbonyl (C=O) groups excluding carboxylic acids is 2. The highest BCUT2D eigenvalue weighted by Crippen LogP contribution is 2.26. The predicted molar refractivity (Wildman–Crippen MR) is 127 cm³/mol. The molecule has 0 N–H and O–H groups in total. The van der Waals surface area contributed by atoms with Crippen LogP contribution in [0.1, 0.15) is 36.0 Å². The average molecular weight is 447 g/mol. The van der Waals surface area contributed by atoms with E-state index in [2.05, 4.69) is 4.98 Å². The summed E-state index contributed by atoms with van der Waals surface area (Å²) < 4.78 is 10.9. The first kappa shape index (κ1) is 24.0. The number of likely N-dealkylation sites (N-methyl/N-ethyl adjacent to an activating group) is 1. The van der Waals surface area contributed by atoms with Gasteiger partial charge in [0, 0.05) is 32.9 Å².